The maximum Gasteiger partial charge on any atom is 0.186 e. The topological polar surface area (TPSA) is 16.1 Å². The van der Waals surface area contributed by atoms with Crippen LogP contribution in [0.1, 0.15) is 19.3 Å². The number of rotatable bonds is 6. The molecule has 17 heavy (non-hydrogen) atoms. The fourth-order valence-electron chi connectivity index (χ4n) is 1.74. The Morgan fingerprint density at radius 1 is 1.24 bits per heavy atom. The third kappa shape index (κ3) is 3.42. The maximum atomic E-state index is 4.65. The van der Waals surface area contributed by atoms with Gasteiger partial charge in [-0.25, -0.2) is 4.98 Å². The van der Waals surface area contributed by atoms with Crippen LogP contribution in [0.25, 0.3) is 10.2 Å². The molecule has 1 aromatic carbocycles. The molecule has 1 heterocycles. The van der Waals surface area contributed by atoms with Gasteiger partial charge in [0.1, 0.15) is 0 Å². The van der Waals surface area contributed by atoms with Crippen molar-refractivity contribution < 1.29 is 0 Å². The summed E-state index contributed by atoms with van der Waals surface area (Å²) < 4.78 is 1.27. The van der Waals surface area contributed by atoms with Crippen LogP contribution in [0.3, 0.4) is 0 Å². The Balaban J connectivity index is 1.96. The van der Waals surface area contributed by atoms with Gasteiger partial charge in [0.15, 0.2) is 5.13 Å². The predicted molar refractivity (Wildman–Crippen MR) is 80.5 cm³/mol. The van der Waals surface area contributed by atoms with Gasteiger partial charge in [-0.1, -0.05) is 45.8 Å². The number of hydrogen-bond donors (Lipinski definition) is 0. The number of alkyl halides is 1. The molecule has 4 heteroatoms. The molecule has 0 N–H and O–H groups in total. The van der Waals surface area contributed by atoms with Gasteiger partial charge in [0.2, 0.25) is 0 Å². The molecule has 2 nitrogen and oxygen atoms in total. The molecule has 0 aliphatic carbocycles. The summed E-state index contributed by atoms with van der Waals surface area (Å²) in [4.78, 5) is 6.91. The van der Waals surface area contributed by atoms with Crippen LogP contribution in [0.4, 0.5) is 5.13 Å². The van der Waals surface area contributed by atoms with Crippen molar-refractivity contribution in [2.24, 2.45) is 0 Å². The second-order valence-corrected chi connectivity index (χ2v) is 5.94. The number of halogens is 1. The van der Waals surface area contributed by atoms with Crippen molar-refractivity contribution in [3.8, 4) is 0 Å². The van der Waals surface area contributed by atoms with E-state index in [-0.39, 0.29) is 0 Å². The first-order valence-corrected chi connectivity index (χ1v) is 7.88. The zero-order valence-electron chi connectivity index (χ0n) is 10.0. The van der Waals surface area contributed by atoms with Crippen LogP contribution in [-0.2, 0) is 0 Å². The monoisotopic (exact) mass is 312 g/mol. The maximum absolute atomic E-state index is 4.65. The van der Waals surface area contributed by atoms with Crippen molar-refractivity contribution in [3.05, 3.63) is 24.3 Å². The fourth-order valence-corrected chi connectivity index (χ4v) is 3.09. The number of nitrogens with zero attached hydrogens (tertiary/aromatic N) is 2. The Hall–Kier alpha value is -0.610. The Morgan fingerprint density at radius 2 is 2.06 bits per heavy atom. The van der Waals surface area contributed by atoms with Crippen molar-refractivity contribution in [3.63, 3.8) is 0 Å². The third-order valence-corrected chi connectivity index (χ3v) is 4.45. The first kappa shape index (κ1) is 12.8. The molecule has 0 aliphatic heterocycles. The molecule has 92 valence electrons. The summed E-state index contributed by atoms with van der Waals surface area (Å²) in [5.74, 6) is 0. The summed E-state index contributed by atoms with van der Waals surface area (Å²) in [5.41, 5.74) is 1.11. The van der Waals surface area contributed by atoms with Crippen LogP contribution >= 0.6 is 27.3 Å². The van der Waals surface area contributed by atoms with Crippen molar-refractivity contribution in [2.75, 3.05) is 23.8 Å². The van der Waals surface area contributed by atoms with Crippen molar-refractivity contribution in [2.45, 2.75) is 19.3 Å². The lowest BCUT2D eigenvalue weighted by Gasteiger charge is -2.14. The number of hydrogen-bond acceptors (Lipinski definition) is 3. The lowest BCUT2D eigenvalue weighted by molar-refractivity contribution is 0.710. The van der Waals surface area contributed by atoms with Crippen molar-refractivity contribution in [1.82, 2.24) is 4.98 Å². The number of fused-ring (bicyclic) bond motifs is 1. The molecule has 0 fully saturated rings. The van der Waals surface area contributed by atoms with Gasteiger partial charge in [0, 0.05) is 18.9 Å². The van der Waals surface area contributed by atoms with Crippen LogP contribution < -0.4 is 4.90 Å². The minimum atomic E-state index is 1.09. The van der Waals surface area contributed by atoms with E-state index in [1.807, 2.05) is 6.07 Å². The number of thiazole rings is 1. The SMILES string of the molecule is CN(CCCCCBr)c1nc2ccccc2s1. The molecule has 0 atom stereocenters. The highest BCUT2D eigenvalue weighted by atomic mass is 79.9. The fraction of sp³-hybridized carbons (Fsp3) is 0.462. The summed E-state index contributed by atoms with van der Waals surface area (Å²) in [6.07, 6.45) is 3.77. The van der Waals surface area contributed by atoms with E-state index >= 15 is 0 Å². The van der Waals surface area contributed by atoms with Gasteiger partial charge >= 0.3 is 0 Å². The standard InChI is InChI=1S/C13H17BrN2S/c1-16(10-6-2-5-9-14)13-15-11-7-3-4-8-12(11)17-13/h3-4,7-8H,2,5-6,9-10H2,1H3. The number of anilines is 1. The van der Waals surface area contributed by atoms with E-state index in [9.17, 15) is 0 Å². The van der Waals surface area contributed by atoms with Crippen molar-refractivity contribution >= 4 is 42.6 Å². The number of benzene rings is 1. The molecule has 0 spiro atoms. The molecule has 2 aromatic rings. The molecule has 0 unspecified atom stereocenters. The molecule has 1 aromatic heterocycles. The van der Waals surface area contributed by atoms with Gasteiger partial charge in [-0.3, -0.25) is 0 Å². The Bertz CT molecular complexity index is 436. The lowest BCUT2D eigenvalue weighted by atomic mass is 10.2. The van der Waals surface area contributed by atoms with Crippen LogP contribution in [0.5, 0.6) is 0 Å². The highest BCUT2D eigenvalue weighted by molar-refractivity contribution is 9.09. The highest BCUT2D eigenvalue weighted by Gasteiger charge is 2.07. The minimum absolute atomic E-state index is 1.09. The van der Waals surface area contributed by atoms with Crippen LogP contribution in [0.15, 0.2) is 24.3 Å². The Labute approximate surface area is 115 Å². The Morgan fingerprint density at radius 3 is 2.82 bits per heavy atom. The quantitative estimate of drug-likeness (QED) is 0.584. The smallest absolute Gasteiger partial charge is 0.186 e. The first-order chi connectivity index (χ1) is 8.31. The summed E-state index contributed by atoms with van der Waals surface area (Å²) in [7, 11) is 2.13. The molecule has 0 saturated carbocycles. The van der Waals surface area contributed by atoms with Gasteiger partial charge in [-0.15, -0.1) is 0 Å². The third-order valence-electron chi connectivity index (χ3n) is 2.74. The minimum Gasteiger partial charge on any atom is -0.351 e. The summed E-state index contributed by atoms with van der Waals surface area (Å²) in [6.45, 7) is 1.09. The number of aromatic nitrogens is 1. The van der Waals surface area contributed by atoms with E-state index in [4.69, 9.17) is 0 Å². The van der Waals surface area contributed by atoms with E-state index in [0.29, 0.717) is 0 Å². The van der Waals surface area contributed by atoms with E-state index in [1.165, 1.54) is 24.0 Å². The average Bonchev–Trinajstić information content (AvgIpc) is 2.78. The molecule has 0 radical (unpaired) electrons. The molecule has 0 aliphatic rings. The van der Waals surface area contributed by atoms with Gasteiger partial charge < -0.3 is 4.90 Å². The van der Waals surface area contributed by atoms with Crippen LogP contribution in [0, 0.1) is 0 Å². The second kappa shape index (κ2) is 6.36. The summed E-state index contributed by atoms with van der Waals surface area (Å²) in [6, 6.07) is 8.32. The molecule has 0 saturated heterocycles. The highest BCUT2D eigenvalue weighted by Crippen LogP contribution is 2.27. The largest absolute Gasteiger partial charge is 0.351 e. The zero-order chi connectivity index (χ0) is 12.1. The Kier molecular flexibility index (Phi) is 4.80. The van der Waals surface area contributed by atoms with E-state index < -0.39 is 0 Å². The number of unbranched alkanes of at least 4 members (excludes halogenated alkanes) is 2. The van der Waals surface area contributed by atoms with Gasteiger partial charge in [0.25, 0.3) is 0 Å². The molecular formula is C13H17BrN2S. The van der Waals surface area contributed by atoms with E-state index in [2.05, 4.69) is 51.1 Å². The van der Waals surface area contributed by atoms with Crippen molar-refractivity contribution in [1.29, 1.82) is 0 Å². The lowest BCUT2D eigenvalue weighted by Crippen LogP contribution is -2.18. The van der Waals surface area contributed by atoms with Gasteiger partial charge in [-0.05, 0) is 25.0 Å². The predicted octanol–water partition coefficient (Wildman–Crippen LogP) is 4.30. The molecule has 2 rings (SSSR count). The molecular weight excluding hydrogens is 296 g/mol. The van der Waals surface area contributed by atoms with Crippen LogP contribution in [-0.4, -0.2) is 23.9 Å². The molecule has 0 amide bonds. The second-order valence-electron chi connectivity index (χ2n) is 4.14. The normalized spacial score (nSPS) is 10.9. The van der Waals surface area contributed by atoms with Gasteiger partial charge in [-0.2, -0.15) is 0 Å². The summed E-state index contributed by atoms with van der Waals surface area (Å²) >= 11 is 5.24. The van der Waals surface area contributed by atoms with Crippen LogP contribution in [0.2, 0.25) is 0 Å². The molecule has 0 bridgehead atoms. The number of para-hydroxylation sites is 1. The summed E-state index contributed by atoms with van der Waals surface area (Å²) in [5, 5.41) is 2.24. The van der Waals surface area contributed by atoms with Gasteiger partial charge in [0.05, 0.1) is 10.2 Å². The van der Waals surface area contributed by atoms with E-state index in [1.54, 1.807) is 11.3 Å². The van der Waals surface area contributed by atoms with E-state index in [0.717, 1.165) is 22.5 Å². The first-order valence-electron chi connectivity index (χ1n) is 5.94. The zero-order valence-corrected chi connectivity index (χ0v) is 12.4. The average molecular weight is 313 g/mol.